The molecule has 0 radical (unpaired) electrons. The molecule has 0 saturated heterocycles. The number of methoxy groups -OCH3 is 1. The summed E-state index contributed by atoms with van der Waals surface area (Å²) in [6.07, 6.45) is 0. The quantitative estimate of drug-likeness (QED) is 0.877. The highest BCUT2D eigenvalue weighted by molar-refractivity contribution is 7.93. The van der Waals surface area contributed by atoms with Crippen molar-refractivity contribution < 1.29 is 17.9 Å². The second-order valence-corrected chi connectivity index (χ2v) is 7.27. The van der Waals surface area contributed by atoms with Gasteiger partial charge in [0.25, 0.3) is 10.0 Å². The standard InChI is InChI=1S/C14H15NO4S2/c1-9-4-6-11(7-5-9)21(17,18)15-12-8-10(2)13(20-12)14(16)19-3/h4-8,15H,1-3H3. The van der Waals surface area contributed by atoms with Crippen LogP contribution < -0.4 is 4.72 Å². The molecule has 1 heterocycles. The van der Waals surface area contributed by atoms with Gasteiger partial charge in [-0.3, -0.25) is 4.72 Å². The summed E-state index contributed by atoms with van der Waals surface area (Å²) in [5, 5.41) is 0.383. The number of carbonyl (C=O) groups excluding carboxylic acids is 1. The van der Waals surface area contributed by atoms with Gasteiger partial charge in [-0.1, -0.05) is 17.7 Å². The fraction of sp³-hybridized carbons (Fsp3) is 0.214. The van der Waals surface area contributed by atoms with Gasteiger partial charge in [0.15, 0.2) is 0 Å². The zero-order valence-electron chi connectivity index (χ0n) is 11.8. The van der Waals surface area contributed by atoms with Gasteiger partial charge in [0.2, 0.25) is 0 Å². The zero-order chi connectivity index (χ0) is 15.6. The molecule has 1 aromatic heterocycles. The highest BCUT2D eigenvalue weighted by Gasteiger charge is 2.19. The van der Waals surface area contributed by atoms with E-state index < -0.39 is 16.0 Å². The summed E-state index contributed by atoms with van der Waals surface area (Å²) < 4.78 is 31.6. The first kappa shape index (κ1) is 15.5. The summed E-state index contributed by atoms with van der Waals surface area (Å²) in [4.78, 5) is 12.1. The predicted octanol–water partition coefficient (Wildman–Crippen LogP) is 2.95. The normalized spacial score (nSPS) is 11.2. The third-order valence-electron chi connectivity index (χ3n) is 2.85. The molecule has 2 aromatic rings. The van der Waals surface area contributed by atoms with E-state index in [0.29, 0.717) is 15.4 Å². The van der Waals surface area contributed by atoms with Gasteiger partial charge in [0.05, 0.1) is 12.0 Å². The van der Waals surface area contributed by atoms with Crippen LogP contribution in [0.1, 0.15) is 20.8 Å². The van der Waals surface area contributed by atoms with E-state index in [4.69, 9.17) is 0 Å². The molecule has 1 N–H and O–H groups in total. The lowest BCUT2D eigenvalue weighted by molar-refractivity contribution is 0.0605. The number of benzene rings is 1. The maximum atomic E-state index is 12.3. The predicted molar refractivity (Wildman–Crippen MR) is 82.4 cm³/mol. The molecule has 0 aliphatic carbocycles. The van der Waals surface area contributed by atoms with Crippen molar-refractivity contribution >= 4 is 32.3 Å². The summed E-state index contributed by atoms with van der Waals surface area (Å²) in [6.45, 7) is 3.61. The molecule has 5 nitrogen and oxygen atoms in total. The van der Waals surface area contributed by atoms with Crippen molar-refractivity contribution in [3.05, 3.63) is 46.3 Å². The number of rotatable bonds is 4. The van der Waals surface area contributed by atoms with Crippen LogP contribution in [0.25, 0.3) is 0 Å². The van der Waals surface area contributed by atoms with E-state index in [1.54, 1.807) is 37.3 Å². The average molecular weight is 325 g/mol. The third kappa shape index (κ3) is 3.43. The van der Waals surface area contributed by atoms with Gasteiger partial charge in [-0.05, 0) is 37.6 Å². The van der Waals surface area contributed by atoms with E-state index in [-0.39, 0.29) is 4.90 Å². The number of esters is 1. The van der Waals surface area contributed by atoms with Crippen LogP contribution in [0.2, 0.25) is 0 Å². The van der Waals surface area contributed by atoms with Crippen LogP contribution in [0.15, 0.2) is 35.2 Å². The molecule has 0 spiro atoms. The summed E-state index contributed by atoms with van der Waals surface area (Å²) in [5.74, 6) is -0.474. The van der Waals surface area contributed by atoms with E-state index >= 15 is 0 Å². The van der Waals surface area contributed by atoms with Gasteiger partial charge in [-0.25, -0.2) is 13.2 Å². The molecule has 0 atom stereocenters. The Morgan fingerprint density at radius 3 is 2.38 bits per heavy atom. The first-order valence-corrected chi connectivity index (χ1v) is 8.41. The Morgan fingerprint density at radius 1 is 1.19 bits per heavy atom. The van der Waals surface area contributed by atoms with E-state index in [2.05, 4.69) is 9.46 Å². The minimum atomic E-state index is -3.66. The number of thiophene rings is 1. The SMILES string of the molecule is COC(=O)c1sc(NS(=O)(=O)c2ccc(C)cc2)cc1C. The summed E-state index contributed by atoms with van der Waals surface area (Å²) in [5.41, 5.74) is 1.65. The van der Waals surface area contributed by atoms with Crippen molar-refractivity contribution in [1.29, 1.82) is 0 Å². The van der Waals surface area contributed by atoms with Crippen LogP contribution in [-0.2, 0) is 14.8 Å². The number of aryl methyl sites for hydroxylation is 2. The van der Waals surface area contributed by atoms with E-state index in [1.165, 1.54) is 7.11 Å². The molecule has 0 unspecified atom stereocenters. The van der Waals surface area contributed by atoms with E-state index in [9.17, 15) is 13.2 Å². The maximum absolute atomic E-state index is 12.3. The minimum Gasteiger partial charge on any atom is -0.465 e. The van der Waals surface area contributed by atoms with Gasteiger partial charge in [-0.15, -0.1) is 11.3 Å². The van der Waals surface area contributed by atoms with Crippen LogP contribution in [0.3, 0.4) is 0 Å². The molecule has 0 amide bonds. The Hall–Kier alpha value is -1.86. The summed E-state index contributed by atoms with van der Waals surface area (Å²) in [7, 11) is -2.37. The van der Waals surface area contributed by atoms with Crippen molar-refractivity contribution in [2.45, 2.75) is 18.7 Å². The number of ether oxygens (including phenoxy) is 1. The lowest BCUT2D eigenvalue weighted by Gasteiger charge is -2.05. The zero-order valence-corrected chi connectivity index (χ0v) is 13.5. The number of sulfonamides is 1. The second-order valence-electron chi connectivity index (χ2n) is 4.53. The van der Waals surface area contributed by atoms with E-state index in [1.807, 2.05) is 6.92 Å². The summed E-state index contributed by atoms with van der Waals surface area (Å²) in [6, 6.07) is 8.16. The van der Waals surface area contributed by atoms with Crippen molar-refractivity contribution in [1.82, 2.24) is 0 Å². The largest absolute Gasteiger partial charge is 0.465 e. The Labute approximate surface area is 127 Å². The molecular formula is C14H15NO4S2. The minimum absolute atomic E-state index is 0.179. The lowest BCUT2D eigenvalue weighted by atomic mass is 10.2. The molecule has 1 aromatic carbocycles. The van der Waals surface area contributed by atoms with Gasteiger partial charge >= 0.3 is 5.97 Å². The van der Waals surface area contributed by atoms with Crippen molar-refractivity contribution in [3.8, 4) is 0 Å². The Bertz CT molecular complexity index is 761. The number of nitrogens with one attached hydrogen (secondary N) is 1. The third-order valence-corrected chi connectivity index (χ3v) is 5.50. The first-order valence-electron chi connectivity index (χ1n) is 6.12. The molecular weight excluding hydrogens is 310 g/mol. The van der Waals surface area contributed by atoms with Crippen molar-refractivity contribution in [2.75, 3.05) is 11.8 Å². The van der Waals surface area contributed by atoms with Gasteiger partial charge < -0.3 is 4.74 Å². The van der Waals surface area contributed by atoms with Crippen molar-refractivity contribution in [2.24, 2.45) is 0 Å². The average Bonchev–Trinajstić information content (AvgIpc) is 2.78. The molecule has 0 saturated carbocycles. The fourth-order valence-corrected chi connectivity index (χ4v) is 4.01. The van der Waals surface area contributed by atoms with E-state index in [0.717, 1.165) is 16.9 Å². The van der Waals surface area contributed by atoms with Crippen LogP contribution >= 0.6 is 11.3 Å². The smallest absolute Gasteiger partial charge is 0.348 e. The Morgan fingerprint density at radius 2 is 1.81 bits per heavy atom. The maximum Gasteiger partial charge on any atom is 0.348 e. The summed E-state index contributed by atoms with van der Waals surface area (Å²) >= 11 is 1.05. The molecule has 0 fully saturated rings. The van der Waals surface area contributed by atoms with Crippen LogP contribution in [0, 0.1) is 13.8 Å². The highest BCUT2D eigenvalue weighted by atomic mass is 32.2. The number of hydrogen-bond acceptors (Lipinski definition) is 5. The topological polar surface area (TPSA) is 72.5 Å². The molecule has 112 valence electrons. The first-order chi connectivity index (χ1) is 9.83. The van der Waals surface area contributed by atoms with Gasteiger partial charge in [-0.2, -0.15) is 0 Å². The number of anilines is 1. The molecule has 7 heteroatoms. The molecule has 0 aliphatic rings. The number of hydrogen-bond donors (Lipinski definition) is 1. The van der Waals surface area contributed by atoms with Gasteiger partial charge in [0.1, 0.15) is 9.88 Å². The van der Waals surface area contributed by atoms with Crippen LogP contribution in [-0.4, -0.2) is 21.5 Å². The molecule has 2 rings (SSSR count). The van der Waals surface area contributed by atoms with Gasteiger partial charge in [0, 0.05) is 0 Å². The molecule has 0 aliphatic heterocycles. The monoisotopic (exact) mass is 325 g/mol. The lowest BCUT2D eigenvalue weighted by Crippen LogP contribution is -2.11. The molecule has 21 heavy (non-hydrogen) atoms. The highest BCUT2D eigenvalue weighted by Crippen LogP contribution is 2.29. The Balaban J connectivity index is 2.29. The molecule has 0 bridgehead atoms. The van der Waals surface area contributed by atoms with Crippen LogP contribution in [0.5, 0.6) is 0 Å². The second kappa shape index (κ2) is 5.87. The van der Waals surface area contributed by atoms with Crippen molar-refractivity contribution in [3.63, 3.8) is 0 Å². The van der Waals surface area contributed by atoms with Crippen LogP contribution in [0.4, 0.5) is 5.00 Å². The number of carbonyl (C=O) groups is 1. The Kier molecular flexibility index (Phi) is 4.34. The fourth-order valence-electron chi connectivity index (χ4n) is 1.74.